The van der Waals surface area contributed by atoms with Gasteiger partial charge in [0.2, 0.25) is 0 Å². The second-order valence-electron chi connectivity index (χ2n) is 4.47. The third kappa shape index (κ3) is 3.68. The van der Waals surface area contributed by atoms with Gasteiger partial charge in [0.25, 0.3) is 0 Å². The lowest BCUT2D eigenvalue weighted by molar-refractivity contribution is 0.0733. The summed E-state index contributed by atoms with van der Waals surface area (Å²) in [6.07, 6.45) is 3.16. The zero-order valence-corrected chi connectivity index (χ0v) is 11.1. The minimum absolute atomic E-state index is 0.301. The van der Waals surface area contributed by atoms with Crippen LogP contribution in [-0.2, 0) is 6.42 Å². The maximum absolute atomic E-state index is 12.0. The SMILES string of the molecule is CCCCc1ccccc1OC(=O)c1ccccc1. The molecule has 0 aliphatic carbocycles. The van der Waals surface area contributed by atoms with E-state index in [1.54, 1.807) is 12.1 Å². The van der Waals surface area contributed by atoms with E-state index in [2.05, 4.69) is 6.92 Å². The Hall–Kier alpha value is -2.09. The topological polar surface area (TPSA) is 26.3 Å². The Kier molecular flexibility index (Phi) is 4.73. The van der Waals surface area contributed by atoms with Crippen molar-refractivity contribution in [1.29, 1.82) is 0 Å². The van der Waals surface area contributed by atoms with Gasteiger partial charge in [-0.1, -0.05) is 49.7 Å². The second-order valence-corrected chi connectivity index (χ2v) is 4.47. The summed E-state index contributed by atoms with van der Waals surface area (Å²) in [7, 11) is 0. The maximum Gasteiger partial charge on any atom is 0.343 e. The van der Waals surface area contributed by atoms with Gasteiger partial charge in [0.05, 0.1) is 5.56 Å². The van der Waals surface area contributed by atoms with Gasteiger partial charge < -0.3 is 4.74 Å². The molecule has 2 aromatic rings. The Bertz CT molecular complexity index is 532. The summed E-state index contributed by atoms with van der Waals surface area (Å²) in [5.74, 6) is 0.370. The van der Waals surface area contributed by atoms with Crippen LogP contribution in [0.15, 0.2) is 54.6 Å². The minimum Gasteiger partial charge on any atom is -0.423 e. The van der Waals surface area contributed by atoms with E-state index in [1.807, 2.05) is 42.5 Å². The van der Waals surface area contributed by atoms with Crippen LogP contribution in [0.5, 0.6) is 5.75 Å². The molecular weight excluding hydrogens is 236 g/mol. The second kappa shape index (κ2) is 6.74. The van der Waals surface area contributed by atoms with E-state index < -0.39 is 0 Å². The zero-order valence-electron chi connectivity index (χ0n) is 11.1. The Morgan fingerprint density at radius 2 is 1.68 bits per heavy atom. The van der Waals surface area contributed by atoms with Crippen molar-refractivity contribution in [2.75, 3.05) is 0 Å². The first-order chi connectivity index (χ1) is 9.31. The number of carbonyl (C=O) groups is 1. The number of hydrogen-bond donors (Lipinski definition) is 0. The van der Waals surface area contributed by atoms with E-state index in [4.69, 9.17) is 4.74 Å². The van der Waals surface area contributed by atoms with Crippen molar-refractivity contribution in [2.24, 2.45) is 0 Å². The number of ether oxygens (including phenoxy) is 1. The molecule has 0 saturated heterocycles. The molecule has 2 aromatic carbocycles. The summed E-state index contributed by atoms with van der Waals surface area (Å²) >= 11 is 0. The Balaban J connectivity index is 2.12. The third-order valence-corrected chi connectivity index (χ3v) is 2.98. The van der Waals surface area contributed by atoms with Crippen molar-refractivity contribution < 1.29 is 9.53 Å². The van der Waals surface area contributed by atoms with Gasteiger partial charge in [-0.05, 0) is 36.6 Å². The quantitative estimate of drug-likeness (QED) is 0.589. The van der Waals surface area contributed by atoms with Crippen LogP contribution >= 0.6 is 0 Å². The standard InChI is InChI=1S/C17H18O2/c1-2-3-9-14-10-7-8-13-16(14)19-17(18)15-11-5-4-6-12-15/h4-8,10-13H,2-3,9H2,1H3. The van der Waals surface area contributed by atoms with Gasteiger partial charge in [0.1, 0.15) is 5.75 Å². The number of unbranched alkanes of at least 4 members (excludes halogenated alkanes) is 1. The largest absolute Gasteiger partial charge is 0.423 e. The highest BCUT2D eigenvalue weighted by Gasteiger charge is 2.10. The highest BCUT2D eigenvalue weighted by Crippen LogP contribution is 2.21. The summed E-state index contributed by atoms with van der Waals surface area (Å²) in [5, 5.41) is 0. The number of esters is 1. The van der Waals surface area contributed by atoms with Crippen LogP contribution in [0.3, 0.4) is 0 Å². The van der Waals surface area contributed by atoms with Gasteiger partial charge in [-0.15, -0.1) is 0 Å². The van der Waals surface area contributed by atoms with E-state index >= 15 is 0 Å². The van der Waals surface area contributed by atoms with Crippen LogP contribution in [0.2, 0.25) is 0 Å². The van der Waals surface area contributed by atoms with Crippen molar-refractivity contribution in [1.82, 2.24) is 0 Å². The average molecular weight is 254 g/mol. The molecule has 0 aromatic heterocycles. The lowest BCUT2D eigenvalue weighted by Gasteiger charge is -2.09. The van der Waals surface area contributed by atoms with Crippen molar-refractivity contribution >= 4 is 5.97 Å². The number of aryl methyl sites for hydroxylation is 1. The van der Waals surface area contributed by atoms with Crippen molar-refractivity contribution in [3.8, 4) is 5.75 Å². The molecule has 19 heavy (non-hydrogen) atoms. The highest BCUT2D eigenvalue weighted by atomic mass is 16.5. The summed E-state index contributed by atoms with van der Waals surface area (Å²) < 4.78 is 5.49. The molecule has 2 nitrogen and oxygen atoms in total. The van der Waals surface area contributed by atoms with E-state index in [-0.39, 0.29) is 5.97 Å². The average Bonchev–Trinajstić information content (AvgIpc) is 2.47. The van der Waals surface area contributed by atoms with Gasteiger partial charge >= 0.3 is 5.97 Å². The van der Waals surface area contributed by atoms with Crippen LogP contribution in [0.4, 0.5) is 0 Å². The summed E-state index contributed by atoms with van der Waals surface area (Å²) in [6, 6.07) is 16.8. The predicted molar refractivity (Wildman–Crippen MR) is 76.5 cm³/mol. The number of rotatable bonds is 5. The fraction of sp³-hybridized carbons (Fsp3) is 0.235. The van der Waals surface area contributed by atoms with Crippen LogP contribution in [0, 0.1) is 0 Å². The molecule has 98 valence electrons. The molecule has 0 atom stereocenters. The molecule has 0 heterocycles. The molecule has 2 rings (SSSR count). The normalized spacial score (nSPS) is 10.2. The molecule has 0 unspecified atom stereocenters. The zero-order chi connectivity index (χ0) is 13.5. The number of para-hydroxylation sites is 1. The lowest BCUT2D eigenvalue weighted by Crippen LogP contribution is -2.09. The molecule has 0 aliphatic heterocycles. The molecule has 0 radical (unpaired) electrons. The third-order valence-electron chi connectivity index (χ3n) is 2.98. The van der Waals surface area contributed by atoms with Crippen LogP contribution in [0.25, 0.3) is 0 Å². The van der Waals surface area contributed by atoms with Crippen LogP contribution < -0.4 is 4.74 Å². The van der Waals surface area contributed by atoms with E-state index in [0.717, 1.165) is 24.8 Å². The van der Waals surface area contributed by atoms with Crippen molar-refractivity contribution in [3.63, 3.8) is 0 Å². The van der Waals surface area contributed by atoms with Gasteiger partial charge in [-0.25, -0.2) is 4.79 Å². The first-order valence-corrected chi connectivity index (χ1v) is 6.66. The number of benzene rings is 2. The molecule has 0 amide bonds. The first kappa shape index (κ1) is 13.3. The first-order valence-electron chi connectivity index (χ1n) is 6.66. The maximum atomic E-state index is 12.0. The molecule has 2 heteroatoms. The molecule has 0 fully saturated rings. The Morgan fingerprint density at radius 1 is 1.00 bits per heavy atom. The molecule has 0 aliphatic rings. The summed E-state index contributed by atoms with van der Waals surface area (Å²) in [6.45, 7) is 2.15. The highest BCUT2D eigenvalue weighted by molar-refractivity contribution is 5.91. The monoisotopic (exact) mass is 254 g/mol. The lowest BCUT2D eigenvalue weighted by atomic mass is 10.1. The molecule has 0 spiro atoms. The minimum atomic E-state index is -0.301. The van der Waals surface area contributed by atoms with Crippen LogP contribution in [0.1, 0.15) is 35.7 Å². The van der Waals surface area contributed by atoms with E-state index in [9.17, 15) is 4.79 Å². The molecule has 0 saturated carbocycles. The van der Waals surface area contributed by atoms with E-state index in [0.29, 0.717) is 11.3 Å². The smallest absolute Gasteiger partial charge is 0.343 e. The van der Waals surface area contributed by atoms with Gasteiger partial charge in [-0.3, -0.25) is 0 Å². The van der Waals surface area contributed by atoms with Crippen molar-refractivity contribution in [2.45, 2.75) is 26.2 Å². The fourth-order valence-corrected chi connectivity index (χ4v) is 1.91. The van der Waals surface area contributed by atoms with Gasteiger partial charge in [-0.2, -0.15) is 0 Å². The summed E-state index contributed by atoms with van der Waals surface area (Å²) in [5.41, 5.74) is 1.67. The number of carbonyl (C=O) groups excluding carboxylic acids is 1. The van der Waals surface area contributed by atoms with Crippen LogP contribution in [-0.4, -0.2) is 5.97 Å². The molecule has 0 N–H and O–H groups in total. The van der Waals surface area contributed by atoms with Crippen molar-refractivity contribution in [3.05, 3.63) is 65.7 Å². The Morgan fingerprint density at radius 3 is 2.42 bits per heavy atom. The molecular formula is C17H18O2. The summed E-state index contributed by atoms with van der Waals surface area (Å²) in [4.78, 5) is 12.0. The number of hydrogen-bond acceptors (Lipinski definition) is 2. The predicted octanol–water partition coefficient (Wildman–Crippen LogP) is 4.25. The molecule has 0 bridgehead atoms. The fourth-order valence-electron chi connectivity index (χ4n) is 1.91. The van der Waals surface area contributed by atoms with Gasteiger partial charge in [0, 0.05) is 0 Å². The van der Waals surface area contributed by atoms with E-state index in [1.165, 1.54) is 0 Å². The Labute approximate surface area is 114 Å². The van der Waals surface area contributed by atoms with Gasteiger partial charge in [0.15, 0.2) is 0 Å².